The standard InChI is InChI=1S/C10H21NO4Si/c1-10(2,3)16(4,5)14-7-8(6-12)15-9(11)13/h6,8H,7H2,1-5H3,(H2,11,13)/t8-/m0/s1. The van der Waals surface area contributed by atoms with E-state index in [2.05, 4.69) is 38.6 Å². The number of hydrogen-bond donors (Lipinski definition) is 1. The molecule has 94 valence electrons. The largest absolute Gasteiger partial charge is 0.436 e. The van der Waals surface area contributed by atoms with Gasteiger partial charge in [0.25, 0.3) is 0 Å². The molecule has 0 aromatic carbocycles. The predicted molar refractivity (Wildman–Crippen MR) is 63.7 cm³/mol. The lowest BCUT2D eigenvalue weighted by molar-refractivity contribution is -0.116. The Bertz CT molecular complexity index is 260. The van der Waals surface area contributed by atoms with Crippen molar-refractivity contribution in [2.75, 3.05) is 6.61 Å². The number of nitrogens with two attached hydrogens (primary N) is 1. The first-order valence-electron chi connectivity index (χ1n) is 5.15. The van der Waals surface area contributed by atoms with Gasteiger partial charge in [0.15, 0.2) is 20.7 Å². The summed E-state index contributed by atoms with van der Waals surface area (Å²) in [5.41, 5.74) is 4.83. The van der Waals surface area contributed by atoms with Crippen LogP contribution in [-0.4, -0.2) is 33.4 Å². The lowest BCUT2D eigenvalue weighted by Gasteiger charge is -2.36. The number of ether oxygens (including phenoxy) is 1. The third kappa shape index (κ3) is 4.76. The summed E-state index contributed by atoms with van der Waals surface area (Å²) in [5, 5.41) is 0.0488. The first-order chi connectivity index (χ1) is 7.10. The molecule has 6 heteroatoms. The average Bonchev–Trinajstić information content (AvgIpc) is 2.09. The van der Waals surface area contributed by atoms with E-state index >= 15 is 0 Å². The van der Waals surface area contributed by atoms with Crippen LogP contribution in [-0.2, 0) is 14.0 Å². The molecule has 0 aromatic rings. The Morgan fingerprint density at radius 1 is 1.44 bits per heavy atom. The van der Waals surface area contributed by atoms with Crippen LogP contribution < -0.4 is 5.73 Å². The Balaban J connectivity index is 4.31. The Morgan fingerprint density at radius 2 is 1.94 bits per heavy atom. The highest BCUT2D eigenvalue weighted by atomic mass is 28.4. The second-order valence-corrected chi connectivity index (χ2v) is 9.99. The molecule has 0 saturated heterocycles. The number of rotatable bonds is 5. The third-order valence-electron chi connectivity index (χ3n) is 2.83. The van der Waals surface area contributed by atoms with Gasteiger partial charge in [-0.25, -0.2) is 4.79 Å². The van der Waals surface area contributed by atoms with Gasteiger partial charge in [0, 0.05) is 0 Å². The van der Waals surface area contributed by atoms with E-state index in [9.17, 15) is 9.59 Å². The average molecular weight is 247 g/mol. The minimum atomic E-state index is -1.93. The summed E-state index contributed by atoms with van der Waals surface area (Å²) >= 11 is 0. The monoisotopic (exact) mass is 247 g/mol. The number of carbonyl (C=O) groups is 2. The van der Waals surface area contributed by atoms with Crippen molar-refractivity contribution in [2.24, 2.45) is 5.73 Å². The fraction of sp³-hybridized carbons (Fsp3) is 0.800. The van der Waals surface area contributed by atoms with Crippen LogP contribution in [0.4, 0.5) is 4.79 Å². The Hall–Kier alpha value is -0.883. The van der Waals surface area contributed by atoms with Crippen LogP contribution >= 0.6 is 0 Å². The van der Waals surface area contributed by atoms with Gasteiger partial charge in [0.05, 0.1) is 6.61 Å². The van der Waals surface area contributed by atoms with Gasteiger partial charge < -0.3 is 14.9 Å². The molecule has 0 aliphatic rings. The van der Waals surface area contributed by atoms with Crippen molar-refractivity contribution in [3.8, 4) is 0 Å². The first-order valence-corrected chi connectivity index (χ1v) is 8.06. The van der Waals surface area contributed by atoms with E-state index in [4.69, 9.17) is 10.2 Å². The molecule has 1 atom stereocenters. The van der Waals surface area contributed by atoms with Crippen molar-refractivity contribution < 1.29 is 18.8 Å². The van der Waals surface area contributed by atoms with Gasteiger partial charge in [-0.3, -0.25) is 4.79 Å². The smallest absolute Gasteiger partial charge is 0.405 e. The molecule has 0 aromatic heterocycles. The highest BCUT2D eigenvalue weighted by Gasteiger charge is 2.37. The van der Waals surface area contributed by atoms with Crippen LogP contribution in [0.2, 0.25) is 18.1 Å². The maximum Gasteiger partial charge on any atom is 0.405 e. The number of aldehydes is 1. The van der Waals surface area contributed by atoms with E-state index in [0.29, 0.717) is 6.29 Å². The van der Waals surface area contributed by atoms with E-state index in [0.717, 1.165) is 0 Å². The molecule has 0 fully saturated rings. The van der Waals surface area contributed by atoms with Crippen LogP contribution in [0.15, 0.2) is 0 Å². The minimum Gasteiger partial charge on any atom is -0.436 e. The molecule has 0 unspecified atom stereocenters. The van der Waals surface area contributed by atoms with Crippen LogP contribution in [0, 0.1) is 0 Å². The SMILES string of the molecule is CC(C)(C)[Si](C)(C)OC[C@H](C=O)OC(N)=O. The summed E-state index contributed by atoms with van der Waals surface area (Å²) in [6.45, 7) is 10.4. The van der Waals surface area contributed by atoms with Gasteiger partial charge in [-0.1, -0.05) is 20.8 Å². The summed E-state index contributed by atoms with van der Waals surface area (Å²) in [6.07, 6.45) is -1.35. The third-order valence-corrected chi connectivity index (χ3v) is 7.33. The quantitative estimate of drug-likeness (QED) is 0.592. The minimum absolute atomic E-state index is 0.0488. The van der Waals surface area contributed by atoms with Crippen molar-refractivity contribution in [3.05, 3.63) is 0 Å². The molecule has 0 rings (SSSR count). The van der Waals surface area contributed by atoms with E-state index in [1.807, 2.05) is 0 Å². The number of carbonyl (C=O) groups excluding carboxylic acids is 2. The second-order valence-electron chi connectivity index (χ2n) is 5.18. The Labute approximate surface area is 97.4 Å². The molecule has 0 aliphatic carbocycles. The van der Waals surface area contributed by atoms with E-state index < -0.39 is 20.5 Å². The maximum absolute atomic E-state index is 10.6. The highest BCUT2D eigenvalue weighted by molar-refractivity contribution is 6.74. The number of hydrogen-bond acceptors (Lipinski definition) is 4. The van der Waals surface area contributed by atoms with Gasteiger partial charge in [0.2, 0.25) is 0 Å². The van der Waals surface area contributed by atoms with Crippen molar-refractivity contribution in [1.29, 1.82) is 0 Å². The molecular formula is C10H21NO4Si. The molecule has 0 spiro atoms. The molecule has 5 nitrogen and oxygen atoms in total. The molecule has 2 N–H and O–H groups in total. The summed E-state index contributed by atoms with van der Waals surface area (Å²) in [6, 6.07) is 0. The molecule has 0 radical (unpaired) electrons. The second kappa shape index (κ2) is 5.45. The fourth-order valence-corrected chi connectivity index (χ4v) is 1.77. The van der Waals surface area contributed by atoms with E-state index in [1.54, 1.807) is 0 Å². The number of primary amides is 1. The van der Waals surface area contributed by atoms with Crippen LogP contribution in [0.3, 0.4) is 0 Å². The molecule has 0 saturated carbocycles. The summed E-state index contributed by atoms with van der Waals surface area (Å²) in [7, 11) is -1.93. The van der Waals surface area contributed by atoms with E-state index in [1.165, 1.54) is 0 Å². The number of amides is 1. The molecular weight excluding hydrogens is 226 g/mol. The summed E-state index contributed by atoms with van der Waals surface area (Å²) in [5.74, 6) is 0. The zero-order valence-electron chi connectivity index (χ0n) is 10.6. The summed E-state index contributed by atoms with van der Waals surface area (Å²) in [4.78, 5) is 21.1. The molecule has 0 aliphatic heterocycles. The van der Waals surface area contributed by atoms with Gasteiger partial charge in [-0.2, -0.15) is 0 Å². The van der Waals surface area contributed by atoms with Crippen molar-refractivity contribution in [1.82, 2.24) is 0 Å². The fourth-order valence-electron chi connectivity index (χ4n) is 0.757. The predicted octanol–water partition coefficient (Wildman–Crippen LogP) is 1.67. The van der Waals surface area contributed by atoms with Gasteiger partial charge in [-0.15, -0.1) is 0 Å². The lowest BCUT2D eigenvalue weighted by atomic mass is 10.2. The summed E-state index contributed by atoms with van der Waals surface area (Å²) < 4.78 is 10.3. The van der Waals surface area contributed by atoms with Crippen molar-refractivity contribution in [3.63, 3.8) is 0 Å². The maximum atomic E-state index is 10.6. The van der Waals surface area contributed by atoms with E-state index in [-0.39, 0.29) is 11.6 Å². The van der Waals surface area contributed by atoms with Gasteiger partial charge >= 0.3 is 6.09 Å². The van der Waals surface area contributed by atoms with Crippen LogP contribution in [0.1, 0.15) is 20.8 Å². The molecule has 0 heterocycles. The normalized spacial score (nSPS) is 14.3. The lowest BCUT2D eigenvalue weighted by Crippen LogP contribution is -2.43. The Morgan fingerprint density at radius 3 is 2.25 bits per heavy atom. The molecule has 0 bridgehead atoms. The van der Waals surface area contributed by atoms with Gasteiger partial charge in [-0.05, 0) is 18.1 Å². The van der Waals surface area contributed by atoms with Crippen molar-refractivity contribution >= 4 is 20.7 Å². The zero-order valence-corrected chi connectivity index (χ0v) is 11.6. The van der Waals surface area contributed by atoms with Crippen LogP contribution in [0.25, 0.3) is 0 Å². The topological polar surface area (TPSA) is 78.6 Å². The highest BCUT2D eigenvalue weighted by Crippen LogP contribution is 2.36. The van der Waals surface area contributed by atoms with Crippen LogP contribution in [0.5, 0.6) is 0 Å². The molecule has 16 heavy (non-hydrogen) atoms. The Kier molecular flexibility index (Phi) is 5.15. The zero-order chi connectivity index (χ0) is 13.0. The van der Waals surface area contributed by atoms with Gasteiger partial charge in [0.1, 0.15) is 0 Å². The van der Waals surface area contributed by atoms with Crippen molar-refractivity contribution in [2.45, 2.75) is 45.0 Å². The first kappa shape index (κ1) is 15.1. The molecule has 1 amide bonds.